The minimum Gasteiger partial charge on any atom is -0.307 e. The molecule has 17 heavy (non-hydrogen) atoms. The van der Waals surface area contributed by atoms with Gasteiger partial charge < -0.3 is 9.79 Å². The predicted molar refractivity (Wildman–Crippen MR) is 56.0 cm³/mol. The fourth-order valence-corrected chi connectivity index (χ4v) is 3.65. The molecule has 11 heteroatoms. The molecular weight excluding hydrogens is 270 g/mol. The Hall–Kier alpha value is -1.24. The predicted octanol–water partition coefficient (Wildman–Crippen LogP) is 0.693. The molecule has 2 atom stereocenters. The van der Waals surface area contributed by atoms with Crippen molar-refractivity contribution in [1.82, 2.24) is 18.6 Å². The van der Waals surface area contributed by atoms with Gasteiger partial charge in [-0.2, -0.15) is 4.31 Å². The van der Waals surface area contributed by atoms with Crippen LogP contribution in [0.5, 0.6) is 0 Å². The van der Waals surface area contributed by atoms with Crippen molar-refractivity contribution >= 4 is 15.5 Å². The summed E-state index contributed by atoms with van der Waals surface area (Å²) in [5.41, 5.74) is 0. The van der Waals surface area contributed by atoms with Gasteiger partial charge in [0.2, 0.25) is 0 Å². The number of imidazole rings is 2. The van der Waals surface area contributed by atoms with Crippen LogP contribution in [0.1, 0.15) is 0 Å². The van der Waals surface area contributed by atoms with Crippen molar-refractivity contribution in [2.24, 2.45) is 0 Å². The monoisotopic (exact) mass is 278 g/mol. The van der Waals surface area contributed by atoms with E-state index >= 15 is 0 Å². The van der Waals surface area contributed by atoms with E-state index in [0.29, 0.717) is 8.68 Å². The Morgan fingerprint density at radius 1 is 0.941 bits per heavy atom. The fraction of sp³-hybridized carbons (Fsp3) is 0. The maximum atomic E-state index is 11.7. The molecule has 0 bridgehead atoms. The van der Waals surface area contributed by atoms with E-state index in [2.05, 4.69) is 14.3 Å². The molecule has 92 valence electrons. The van der Waals surface area contributed by atoms with Gasteiger partial charge in [0, 0.05) is 24.8 Å². The van der Waals surface area contributed by atoms with Gasteiger partial charge in [-0.3, -0.25) is 0 Å². The molecule has 0 saturated heterocycles. The summed E-state index contributed by atoms with van der Waals surface area (Å²) in [5.74, 6) is 0. The van der Waals surface area contributed by atoms with Crippen LogP contribution >= 0.6 is 15.5 Å². The summed E-state index contributed by atoms with van der Waals surface area (Å²) in [6.07, 6.45) is 6.80. The molecule has 9 nitrogen and oxygen atoms in total. The molecule has 2 rings (SSSR count). The highest BCUT2D eigenvalue weighted by Gasteiger charge is 2.35. The smallest absolute Gasteiger partial charge is 0.307 e. The highest BCUT2D eigenvalue weighted by Crippen LogP contribution is 2.59. The van der Waals surface area contributed by atoms with Crippen LogP contribution in [0.4, 0.5) is 0 Å². The van der Waals surface area contributed by atoms with Gasteiger partial charge >= 0.3 is 15.5 Å². The zero-order valence-electron chi connectivity index (χ0n) is 8.27. The lowest BCUT2D eigenvalue weighted by molar-refractivity contribution is 0.318. The van der Waals surface area contributed by atoms with Crippen LogP contribution in [0.3, 0.4) is 0 Å². The van der Waals surface area contributed by atoms with Crippen molar-refractivity contribution in [3.05, 3.63) is 37.4 Å². The average Bonchev–Trinajstić information content (AvgIpc) is 2.91. The Morgan fingerprint density at radius 3 is 1.65 bits per heavy atom. The molecule has 2 heterocycles. The second-order valence-corrected chi connectivity index (χ2v) is 6.49. The maximum absolute atomic E-state index is 11.7. The summed E-state index contributed by atoms with van der Waals surface area (Å²) >= 11 is 0. The topological polar surface area (TPSA) is 119 Å². The highest BCUT2D eigenvalue weighted by molar-refractivity contribution is 7.64. The summed E-state index contributed by atoms with van der Waals surface area (Å²) in [5, 5.41) is 0. The van der Waals surface area contributed by atoms with Gasteiger partial charge in [-0.1, -0.05) is 0 Å². The van der Waals surface area contributed by atoms with Crippen molar-refractivity contribution in [1.29, 1.82) is 0 Å². The van der Waals surface area contributed by atoms with Gasteiger partial charge in [0.25, 0.3) is 0 Å². The summed E-state index contributed by atoms with van der Waals surface area (Å²) in [7, 11) is -8.93. The number of hydrogen-bond donors (Lipinski definition) is 2. The van der Waals surface area contributed by atoms with Gasteiger partial charge in [-0.15, -0.1) is 0 Å². The molecule has 2 aromatic rings. The Bertz CT molecular complexity index is 527. The summed E-state index contributed by atoms with van der Waals surface area (Å²) in [4.78, 5) is 26.1. The Labute approximate surface area is 95.5 Å². The van der Waals surface area contributed by atoms with Crippen LogP contribution in [0.15, 0.2) is 37.4 Å². The van der Waals surface area contributed by atoms with Crippen LogP contribution < -0.4 is 0 Å². The van der Waals surface area contributed by atoms with E-state index in [-0.39, 0.29) is 0 Å². The number of nitrogens with zero attached hydrogens (tertiary/aromatic N) is 4. The third kappa shape index (κ3) is 2.54. The van der Waals surface area contributed by atoms with Crippen LogP contribution in [0.2, 0.25) is 0 Å². The Balaban J connectivity index is 2.28. The molecule has 2 N–H and O–H groups in total. The summed E-state index contributed by atoms with van der Waals surface area (Å²) in [6.45, 7) is 0. The number of aromatic nitrogens is 4. The first kappa shape index (κ1) is 12.2. The molecule has 0 aliphatic carbocycles. The van der Waals surface area contributed by atoms with Crippen LogP contribution in [0, 0.1) is 0 Å². The van der Waals surface area contributed by atoms with E-state index in [4.69, 9.17) is 0 Å². The highest BCUT2D eigenvalue weighted by atomic mass is 31.3. The number of rotatable bonds is 4. The van der Waals surface area contributed by atoms with Gasteiger partial charge in [0.05, 0.1) is 0 Å². The first-order valence-corrected chi connectivity index (χ1v) is 7.32. The van der Waals surface area contributed by atoms with Gasteiger partial charge in [-0.25, -0.2) is 27.8 Å². The van der Waals surface area contributed by atoms with E-state index in [0.717, 1.165) is 25.0 Å². The lowest BCUT2D eigenvalue weighted by Gasteiger charge is -2.16. The van der Waals surface area contributed by atoms with Crippen molar-refractivity contribution in [3.8, 4) is 0 Å². The zero-order chi connectivity index (χ0) is 12.5. The van der Waals surface area contributed by atoms with E-state index in [9.17, 15) is 18.9 Å². The van der Waals surface area contributed by atoms with E-state index in [1.54, 1.807) is 0 Å². The molecule has 2 unspecified atom stereocenters. The van der Waals surface area contributed by atoms with Crippen LogP contribution in [-0.2, 0) is 13.4 Å². The standard InChI is InChI=1S/C6H8N4O5P2/c11-16(12,9-3-1-7-5-9)15-17(13,14)10-4-2-8-6-10/h1-6H,(H,11,12)(H,13,14). The second-order valence-electron chi connectivity index (χ2n) is 2.95. The molecule has 0 radical (unpaired) electrons. The van der Waals surface area contributed by atoms with Crippen molar-refractivity contribution in [3.63, 3.8) is 0 Å². The summed E-state index contributed by atoms with van der Waals surface area (Å²) in [6, 6.07) is 0. The molecule has 2 aromatic heterocycles. The van der Waals surface area contributed by atoms with E-state index in [1.807, 2.05) is 0 Å². The normalized spacial score (nSPS) is 18.5. The first-order chi connectivity index (χ1) is 7.92. The maximum Gasteiger partial charge on any atom is 0.446 e. The molecule has 0 aromatic carbocycles. The third-order valence-corrected chi connectivity index (χ3v) is 5.12. The Kier molecular flexibility index (Phi) is 3.03. The average molecular weight is 278 g/mol. The van der Waals surface area contributed by atoms with Crippen molar-refractivity contribution in [2.45, 2.75) is 0 Å². The SMILES string of the molecule is O=P(O)(OP(=O)(O)n1ccnc1)n1ccnc1. The van der Waals surface area contributed by atoms with Gasteiger partial charge in [-0.05, 0) is 0 Å². The molecule has 0 amide bonds. The van der Waals surface area contributed by atoms with E-state index in [1.165, 1.54) is 12.4 Å². The lowest BCUT2D eigenvalue weighted by Crippen LogP contribution is -2.01. The zero-order valence-corrected chi connectivity index (χ0v) is 10.1. The summed E-state index contributed by atoms with van der Waals surface area (Å²) < 4.78 is 29.2. The minimum absolute atomic E-state index is 0.715. The molecule has 0 aliphatic rings. The van der Waals surface area contributed by atoms with E-state index < -0.39 is 15.5 Å². The molecular formula is C6H8N4O5P2. The van der Waals surface area contributed by atoms with Crippen LogP contribution in [0.25, 0.3) is 0 Å². The van der Waals surface area contributed by atoms with Crippen LogP contribution in [-0.4, -0.2) is 28.4 Å². The third-order valence-electron chi connectivity index (χ3n) is 1.78. The fourth-order valence-electron chi connectivity index (χ4n) is 1.03. The minimum atomic E-state index is -4.47. The largest absolute Gasteiger partial charge is 0.446 e. The Morgan fingerprint density at radius 2 is 1.35 bits per heavy atom. The molecule has 0 fully saturated rings. The van der Waals surface area contributed by atoms with Gasteiger partial charge in [0.15, 0.2) is 0 Å². The second kappa shape index (κ2) is 4.21. The lowest BCUT2D eigenvalue weighted by atomic mass is 11.0. The first-order valence-electron chi connectivity index (χ1n) is 4.26. The quantitative estimate of drug-likeness (QED) is 0.789. The molecule has 0 saturated carbocycles. The number of hydrogen-bond acceptors (Lipinski definition) is 5. The van der Waals surface area contributed by atoms with Crippen molar-refractivity contribution in [2.75, 3.05) is 0 Å². The van der Waals surface area contributed by atoms with Crippen molar-refractivity contribution < 1.29 is 23.2 Å². The molecule has 0 aliphatic heterocycles. The molecule has 0 spiro atoms. The van der Waals surface area contributed by atoms with Gasteiger partial charge in [0.1, 0.15) is 12.7 Å².